The summed E-state index contributed by atoms with van der Waals surface area (Å²) in [5.41, 5.74) is 1.61. The zero-order chi connectivity index (χ0) is 19.4. The summed E-state index contributed by atoms with van der Waals surface area (Å²) in [6.45, 7) is 3.98. The standard InChI is InChI=1S/C18H19N3O5S/c1-3-25-14-5-7-15(8-6-14)27(23,24)21-20-12(2)13-4-9-17-16(10-13)19-18(22)11-26-17/h4-10,21H,3,11H2,1-2H3,(H,19,22)/b20-12-. The van der Waals surface area contributed by atoms with Gasteiger partial charge in [0, 0.05) is 0 Å². The molecule has 0 bridgehead atoms. The van der Waals surface area contributed by atoms with E-state index in [4.69, 9.17) is 9.47 Å². The van der Waals surface area contributed by atoms with Gasteiger partial charge in [-0.2, -0.15) is 18.4 Å². The molecule has 1 aliphatic heterocycles. The fraction of sp³-hybridized carbons (Fsp3) is 0.222. The van der Waals surface area contributed by atoms with Crippen LogP contribution in [0.3, 0.4) is 0 Å². The van der Waals surface area contributed by atoms with E-state index in [0.29, 0.717) is 35.1 Å². The predicted octanol–water partition coefficient (Wildman–Crippen LogP) is 2.12. The average Bonchev–Trinajstić information content (AvgIpc) is 2.66. The Morgan fingerprint density at radius 3 is 2.70 bits per heavy atom. The normalized spacial score (nSPS) is 14.0. The number of hydrazone groups is 1. The highest BCUT2D eigenvalue weighted by molar-refractivity contribution is 7.89. The maximum absolute atomic E-state index is 12.4. The Kier molecular flexibility index (Phi) is 5.31. The van der Waals surface area contributed by atoms with Gasteiger partial charge in [0.05, 0.1) is 22.9 Å². The first-order valence-corrected chi connectivity index (χ1v) is 9.73. The molecule has 3 rings (SSSR count). The van der Waals surface area contributed by atoms with Gasteiger partial charge in [-0.1, -0.05) is 0 Å². The summed E-state index contributed by atoms with van der Waals surface area (Å²) >= 11 is 0. The quantitative estimate of drug-likeness (QED) is 0.581. The van der Waals surface area contributed by atoms with Gasteiger partial charge in [-0.25, -0.2) is 0 Å². The largest absolute Gasteiger partial charge is 0.494 e. The monoisotopic (exact) mass is 389 g/mol. The van der Waals surface area contributed by atoms with Crippen molar-refractivity contribution in [3.05, 3.63) is 48.0 Å². The van der Waals surface area contributed by atoms with Gasteiger partial charge in [-0.15, -0.1) is 0 Å². The van der Waals surface area contributed by atoms with Gasteiger partial charge >= 0.3 is 0 Å². The van der Waals surface area contributed by atoms with E-state index in [9.17, 15) is 13.2 Å². The van der Waals surface area contributed by atoms with E-state index < -0.39 is 10.0 Å². The Hall–Kier alpha value is -3.07. The summed E-state index contributed by atoms with van der Waals surface area (Å²) in [5, 5.41) is 6.66. The first kappa shape index (κ1) is 18.7. The summed E-state index contributed by atoms with van der Waals surface area (Å²) in [7, 11) is -3.81. The summed E-state index contributed by atoms with van der Waals surface area (Å²) in [6.07, 6.45) is 0. The Morgan fingerprint density at radius 2 is 2.00 bits per heavy atom. The summed E-state index contributed by atoms with van der Waals surface area (Å²) in [4.78, 5) is 13.7. The minimum absolute atomic E-state index is 0.0265. The molecule has 1 heterocycles. The van der Waals surface area contributed by atoms with E-state index in [1.54, 1.807) is 37.3 Å². The van der Waals surface area contributed by atoms with Gasteiger partial charge in [0.25, 0.3) is 15.9 Å². The summed E-state index contributed by atoms with van der Waals surface area (Å²) < 4.78 is 35.3. The van der Waals surface area contributed by atoms with Gasteiger partial charge in [-0.3, -0.25) is 4.79 Å². The smallest absolute Gasteiger partial charge is 0.276 e. The van der Waals surface area contributed by atoms with Crippen LogP contribution in [-0.2, 0) is 14.8 Å². The number of sulfonamides is 1. The van der Waals surface area contributed by atoms with Crippen molar-refractivity contribution in [2.45, 2.75) is 18.7 Å². The van der Waals surface area contributed by atoms with Gasteiger partial charge in [0.15, 0.2) is 6.61 Å². The second-order valence-electron chi connectivity index (χ2n) is 5.74. The van der Waals surface area contributed by atoms with Crippen LogP contribution in [0.4, 0.5) is 5.69 Å². The number of nitrogens with zero attached hydrogens (tertiary/aromatic N) is 1. The first-order valence-electron chi connectivity index (χ1n) is 8.25. The highest BCUT2D eigenvalue weighted by Gasteiger charge is 2.17. The molecule has 2 aromatic carbocycles. The zero-order valence-corrected chi connectivity index (χ0v) is 15.7. The van der Waals surface area contributed by atoms with Crippen molar-refractivity contribution in [2.24, 2.45) is 5.10 Å². The number of anilines is 1. The number of rotatable bonds is 6. The van der Waals surface area contributed by atoms with E-state index >= 15 is 0 Å². The molecule has 142 valence electrons. The molecule has 0 aromatic heterocycles. The molecular weight excluding hydrogens is 370 g/mol. The number of ether oxygens (including phenoxy) is 2. The summed E-state index contributed by atoms with van der Waals surface area (Å²) in [6, 6.07) is 11.2. The molecule has 0 fully saturated rings. The van der Waals surface area contributed by atoms with Crippen molar-refractivity contribution in [3.8, 4) is 11.5 Å². The molecule has 0 saturated heterocycles. The Bertz CT molecular complexity index is 985. The lowest BCUT2D eigenvalue weighted by Gasteiger charge is -2.18. The average molecular weight is 389 g/mol. The molecule has 0 atom stereocenters. The molecule has 1 aliphatic rings. The zero-order valence-electron chi connectivity index (χ0n) is 14.9. The summed E-state index contributed by atoms with van der Waals surface area (Å²) in [5.74, 6) is 0.904. The lowest BCUT2D eigenvalue weighted by atomic mass is 10.1. The number of benzene rings is 2. The molecule has 9 heteroatoms. The molecule has 8 nitrogen and oxygen atoms in total. The Morgan fingerprint density at radius 1 is 1.26 bits per heavy atom. The fourth-order valence-corrected chi connectivity index (χ4v) is 3.29. The third kappa shape index (κ3) is 4.37. The number of carbonyl (C=O) groups is 1. The minimum atomic E-state index is -3.81. The van der Waals surface area contributed by atoms with Gasteiger partial charge in [0.2, 0.25) is 0 Å². The van der Waals surface area contributed by atoms with Crippen LogP contribution in [0.25, 0.3) is 0 Å². The fourth-order valence-electron chi connectivity index (χ4n) is 2.44. The lowest BCUT2D eigenvalue weighted by molar-refractivity contribution is -0.118. The molecule has 2 N–H and O–H groups in total. The number of carbonyl (C=O) groups excluding carboxylic acids is 1. The van der Waals surface area contributed by atoms with Crippen LogP contribution in [0, 0.1) is 0 Å². The predicted molar refractivity (Wildman–Crippen MR) is 101 cm³/mol. The molecule has 0 aliphatic carbocycles. The van der Waals surface area contributed by atoms with E-state index in [1.807, 2.05) is 6.92 Å². The maximum atomic E-state index is 12.4. The number of hydrogen-bond donors (Lipinski definition) is 2. The topological polar surface area (TPSA) is 106 Å². The molecule has 2 aromatic rings. The molecule has 27 heavy (non-hydrogen) atoms. The second kappa shape index (κ2) is 7.67. The van der Waals surface area contributed by atoms with Crippen molar-refractivity contribution < 1.29 is 22.7 Å². The van der Waals surface area contributed by atoms with E-state index in [-0.39, 0.29) is 17.4 Å². The van der Waals surface area contributed by atoms with Crippen molar-refractivity contribution in [1.82, 2.24) is 4.83 Å². The van der Waals surface area contributed by atoms with E-state index in [2.05, 4.69) is 15.2 Å². The van der Waals surface area contributed by atoms with Crippen LogP contribution in [0.2, 0.25) is 0 Å². The van der Waals surface area contributed by atoms with Crippen molar-refractivity contribution in [1.29, 1.82) is 0 Å². The molecule has 0 spiro atoms. The van der Waals surface area contributed by atoms with Crippen molar-refractivity contribution >= 4 is 27.3 Å². The molecular formula is C18H19N3O5S. The second-order valence-corrected chi connectivity index (χ2v) is 7.40. The maximum Gasteiger partial charge on any atom is 0.276 e. The van der Waals surface area contributed by atoms with Crippen LogP contribution in [-0.4, -0.2) is 33.3 Å². The van der Waals surface area contributed by atoms with Gasteiger partial charge in [0.1, 0.15) is 11.5 Å². The Balaban J connectivity index is 1.76. The lowest BCUT2D eigenvalue weighted by Crippen LogP contribution is -2.25. The SMILES string of the molecule is CCOc1ccc(S(=O)(=O)N/N=C(/C)c2ccc3c(c2)NC(=O)CO3)cc1. The number of amides is 1. The van der Waals surface area contributed by atoms with Crippen molar-refractivity contribution in [2.75, 3.05) is 18.5 Å². The Labute approximate surface area is 157 Å². The first-order chi connectivity index (χ1) is 12.9. The van der Waals surface area contributed by atoms with Crippen molar-refractivity contribution in [3.63, 3.8) is 0 Å². The minimum Gasteiger partial charge on any atom is -0.494 e. The number of hydrogen-bond acceptors (Lipinski definition) is 6. The third-order valence-electron chi connectivity index (χ3n) is 3.81. The molecule has 0 unspecified atom stereocenters. The molecule has 1 amide bonds. The molecule has 0 radical (unpaired) electrons. The van der Waals surface area contributed by atoms with Crippen LogP contribution in [0.15, 0.2) is 52.5 Å². The number of fused-ring (bicyclic) bond motifs is 1. The highest BCUT2D eigenvalue weighted by Crippen LogP contribution is 2.28. The van der Waals surface area contributed by atoms with Crippen LogP contribution in [0.5, 0.6) is 11.5 Å². The van der Waals surface area contributed by atoms with E-state index in [0.717, 1.165) is 0 Å². The van der Waals surface area contributed by atoms with Gasteiger partial charge in [-0.05, 0) is 61.9 Å². The van der Waals surface area contributed by atoms with Crippen LogP contribution >= 0.6 is 0 Å². The third-order valence-corrected chi connectivity index (χ3v) is 5.03. The van der Waals surface area contributed by atoms with Crippen LogP contribution in [0.1, 0.15) is 19.4 Å². The van der Waals surface area contributed by atoms with Gasteiger partial charge < -0.3 is 14.8 Å². The highest BCUT2D eigenvalue weighted by atomic mass is 32.2. The van der Waals surface area contributed by atoms with E-state index in [1.165, 1.54) is 12.1 Å². The molecule has 0 saturated carbocycles. The van der Waals surface area contributed by atoms with Crippen LogP contribution < -0.4 is 19.6 Å². The number of nitrogens with one attached hydrogen (secondary N) is 2.